The summed E-state index contributed by atoms with van der Waals surface area (Å²) in [6.45, 7) is 2.15. The van der Waals surface area contributed by atoms with Crippen LogP contribution in [0.4, 0.5) is 5.13 Å². The van der Waals surface area contributed by atoms with Gasteiger partial charge in [0.1, 0.15) is 5.75 Å². The molecule has 140 valence electrons. The molecule has 2 bridgehead atoms. The summed E-state index contributed by atoms with van der Waals surface area (Å²) in [6.07, 6.45) is 4.93. The highest BCUT2D eigenvalue weighted by atomic mass is 32.1. The predicted molar refractivity (Wildman–Crippen MR) is 102 cm³/mol. The van der Waals surface area contributed by atoms with E-state index in [9.17, 15) is 9.59 Å². The summed E-state index contributed by atoms with van der Waals surface area (Å²) in [4.78, 5) is 29.8. The largest absolute Gasteiger partial charge is 0.467 e. The highest BCUT2D eigenvalue weighted by Gasteiger charge is 2.61. The summed E-state index contributed by atoms with van der Waals surface area (Å²) in [5, 5.41) is 8.59. The van der Waals surface area contributed by atoms with Crippen LogP contribution in [0.1, 0.15) is 43.0 Å². The smallest absolute Gasteiger partial charge is 0.258 e. The van der Waals surface area contributed by atoms with Gasteiger partial charge >= 0.3 is 0 Å². The van der Waals surface area contributed by atoms with E-state index in [4.69, 9.17) is 4.74 Å². The summed E-state index contributed by atoms with van der Waals surface area (Å²) in [6, 6.07) is 7.36. The summed E-state index contributed by atoms with van der Waals surface area (Å²) in [5.41, 5.74) is -0.362. The first-order valence-electron chi connectivity index (χ1n) is 9.30. The second kappa shape index (κ2) is 5.79. The molecule has 0 saturated heterocycles. The van der Waals surface area contributed by atoms with E-state index in [1.165, 1.54) is 11.3 Å². The van der Waals surface area contributed by atoms with Gasteiger partial charge in [0.15, 0.2) is 10.9 Å². The minimum atomic E-state index is -0.712. The number of fused-ring (bicyclic) bond motifs is 3. The first-order valence-corrected chi connectivity index (χ1v) is 10.2. The summed E-state index contributed by atoms with van der Waals surface area (Å²) in [5.74, 6) is 0.583. The van der Waals surface area contributed by atoms with Crippen molar-refractivity contribution in [3.05, 3.63) is 41.4 Å². The maximum absolute atomic E-state index is 12.9. The highest BCUT2D eigenvalue weighted by molar-refractivity contribution is 7.13. The molecule has 6 rings (SSSR count). The van der Waals surface area contributed by atoms with E-state index in [0.29, 0.717) is 29.3 Å². The summed E-state index contributed by atoms with van der Waals surface area (Å²) < 4.78 is 6.39. The van der Waals surface area contributed by atoms with Crippen molar-refractivity contribution in [2.24, 2.45) is 17.3 Å². The number of para-hydroxylation sites is 1. The van der Waals surface area contributed by atoms with Crippen LogP contribution in [0, 0.1) is 17.3 Å². The van der Waals surface area contributed by atoms with Gasteiger partial charge in [-0.3, -0.25) is 9.59 Å². The number of thiazole rings is 1. The number of amides is 2. The highest BCUT2D eigenvalue weighted by Crippen LogP contribution is 2.59. The van der Waals surface area contributed by atoms with Gasteiger partial charge in [0.2, 0.25) is 5.91 Å². The van der Waals surface area contributed by atoms with Crippen molar-refractivity contribution in [1.29, 1.82) is 0 Å². The number of ether oxygens (including phenoxy) is 1. The molecule has 3 aliphatic carbocycles. The third-order valence-corrected chi connectivity index (χ3v) is 7.17. The molecule has 2 heterocycles. The fourth-order valence-electron chi connectivity index (χ4n) is 5.14. The van der Waals surface area contributed by atoms with Crippen LogP contribution in [0.2, 0.25) is 0 Å². The molecule has 4 atom stereocenters. The molecule has 2 aromatic rings. The number of hydrogen-bond acceptors (Lipinski definition) is 5. The Balaban J connectivity index is 1.43. The van der Waals surface area contributed by atoms with Crippen molar-refractivity contribution in [2.75, 3.05) is 5.32 Å². The van der Waals surface area contributed by atoms with Gasteiger partial charge in [-0.25, -0.2) is 4.98 Å². The maximum atomic E-state index is 12.9. The lowest BCUT2D eigenvalue weighted by molar-refractivity contribution is -0.164. The van der Waals surface area contributed by atoms with E-state index >= 15 is 0 Å². The van der Waals surface area contributed by atoms with Gasteiger partial charge in [0.25, 0.3) is 5.91 Å². The minimum Gasteiger partial charge on any atom is -0.467 e. The van der Waals surface area contributed by atoms with Crippen LogP contribution < -0.4 is 15.4 Å². The normalized spacial score (nSPS) is 33.9. The zero-order valence-corrected chi connectivity index (χ0v) is 15.8. The molecule has 1 aromatic carbocycles. The van der Waals surface area contributed by atoms with Crippen molar-refractivity contribution in [3.63, 3.8) is 0 Å². The van der Waals surface area contributed by atoms with Crippen LogP contribution in [0.15, 0.2) is 35.8 Å². The van der Waals surface area contributed by atoms with Crippen LogP contribution in [-0.4, -0.2) is 22.5 Å². The number of rotatable bonds is 2. The lowest BCUT2D eigenvalue weighted by Crippen LogP contribution is -2.69. The molecule has 27 heavy (non-hydrogen) atoms. The van der Waals surface area contributed by atoms with Crippen LogP contribution >= 0.6 is 11.3 Å². The molecule has 3 saturated carbocycles. The van der Waals surface area contributed by atoms with Crippen molar-refractivity contribution in [3.8, 4) is 5.75 Å². The molecule has 4 unspecified atom stereocenters. The average Bonchev–Trinajstić information content (AvgIpc) is 3.14. The molecule has 4 aliphatic rings. The summed E-state index contributed by atoms with van der Waals surface area (Å²) in [7, 11) is 0. The van der Waals surface area contributed by atoms with Crippen molar-refractivity contribution >= 4 is 28.3 Å². The zero-order chi connectivity index (χ0) is 18.6. The number of nitrogens with zero attached hydrogens (tertiary/aromatic N) is 1. The lowest BCUT2D eigenvalue weighted by atomic mass is 9.52. The SMILES string of the molecule is CC12CCC(CC1C(=O)Nc1nccs1)C1(C2)NC(=O)c2ccccc2O1. The minimum absolute atomic E-state index is 0.0227. The molecule has 2 N–H and O–H groups in total. The number of nitrogens with one attached hydrogen (secondary N) is 2. The number of benzene rings is 1. The van der Waals surface area contributed by atoms with Crippen molar-refractivity contribution < 1.29 is 14.3 Å². The molecule has 2 amide bonds. The van der Waals surface area contributed by atoms with Crippen molar-refractivity contribution in [2.45, 2.75) is 38.3 Å². The van der Waals surface area contributed by atoms with E-state index in [1.807, 2.05) is 23.6 Å². The quantitative estimate of drug-likeness (QED) is 0.833. The van der Waals surface area contributed by atoms with Crippen molar-refractivity contribution in [1.82, 2.24) is 10.3 Å². The molecule has 6 nitrogen and oxygen atoms in total. The first kappa shape index (κ1) is 16.7. The monoisotopic (exact) mass is 383 g/mol. The number of aromatic nitrogens is 1. The molecule has 1 aliphatic heterocycles. The molecule has 7 heteroatoms. The van der Waals surface area contributed by atoms with Gasteiger partial charge in [-0.2, -0.15) is 0 Å². The Kier molecular flexibility index (Phi) is 3.59. The van der Waals surface area contributed by atoms with Crippen LogP contribution in [0.25, 0.3) is 0 Å². The van der Waals surface area contributed by atoms with E-state index in [0.717, 1.165) is 12.8 Å². The van der Waals surface area contributed by atoms with Gasteiger partial charge in [-0.1, -0.05) is 19.1 Å². The Morgan fingerprint density at radius 2 is 2.26 bits per heavy atom. The fourth-order valence-corrected chi connectivity index (χ4v) is 5.67. The van der Waals surface area contributed by atoms with E-state index in [-0.39, 0.29) is 29.1 Å². The predicted octanol–water partition coefficient (Wildman–Crippen LogP) is 3.43. The second-order valence-electron chi connectivity index (χ2n) is 8.12. The van der Waals surface area contributed by atoms with Gasteiger partial charge in [-0.05, 0) is 36.8 Å². The van der Waals surface area contributed by atoms with E-state index < -0.39 is 5.72 Å². The van der Waals surface area contributed by atoms with Crippen LogP contribution in [-0.2, 0) is 4.79 Å². The molecule has 1 spiro atoms. The summed E-state index contributed by atoms with van der Waals surface area (Å²) >= 11 is 1.42. The average molecular weight is 383 g/mol. The van der Waals surface area contributed by atoms with Gasteiger partial charge in [0.05, 0.1) is 5.56 Å². The Labute approximate surface area is 161 Å². The number of carbonyl (C=O) groups excluding carboxylic acids is 2. The Morgan fingerprint density at radius 3 is 3.04 bits per heavy atom. The van der Waals surface area contributed by atoms with E-state index in [1.54, 1.807) is 12.3 Å². The fraction of sp³-hybridized carbons (Fsp3) is 0.450. The Bertz CT molecular complexity index is 915. The molecular weight excluding hydrogens is 362 g/mol. The standard InChI is InChI=1S/C20H21N3O3S/c1-19-7-6-12(10-14(19)17(25)22-18-21-8-9-27-18)20(11-19)23-16(24)13-4-2-3-5-15(13)26-20/h2-5,8-9,12,14H,6-7,10-11H2,1H3,(H,23,24)(H,21,22,25). The van der Waals surface area contributed by atoms with Gasteiger partial charge in [-0.15, -0.1) is 11.3 Å². The van der Waals surface area contributed by atoms with Crippen LogP contribution in [0.3, 0.4) is 0 Å². The number of carbonyl (C=O) groups is 2. The third kappa shape index (κ3) is 2.56. The second-order valence-corrected chi connectivity index (χ2v) is 9.02. The zero-order valence-electron chi connectivity index (χ0n) is 15.0. The molecule has 0 radical (unpaired) electrons. The van der Waals surface area contributed by atoms with Gasteiger partial charge in [0, 0.05) is 29.8 Å². The Hall–Kier alpha value is -2.41. The van der Waals surface area contributed by atoms with Crippen LogP contribution in [0.5, 0.6) is 5.75 Å². The maximum Gasteiger partial charge on any atom is 0.258 e. The third-order valence-electron chi connectivity index (χ3n) is 6.48. The first-order chi connectivity index (χ1) is 13.0. The Morgan fingerprint density at radius 1 is 1.41 bits per heavy atom. The molecule has 3 fully saturated rings. The van der Waals surface area contributed by atoms with Gasteiger partial charge < -0.3 is 15.4 Å². The number of anilines is 1. The number of hydrogen-bond donors (Lipinski definition) is 2. The topological polar surface area (TPSA) is 80.3 Å². The lowest BCUT2D eigenvalue weighted by Gasteiger charge is -2.59. The van der Waals surface area contributed by atoms with E-state index in [2.05, 4.69) is 22.5 Å². The molecular formula is C20H21N3O3S. The molecule has 1 aromatic heterocycles.